The van der Waals surface area contributed by atoms with Gasteiger partial charge in [-0.3, -0.25) is 4.79 Å². The van der Waals surface area contributed by atoms with Gasteiger partial charge in [0.25, 0.3) is 0 Å². The molecular weight excluding hydrogens is 172 g/mol. The fraction of sp³-hybridized carbons (Fsp3) is 0.923. The van der Waals surface area contributed by atoms with Crippen molar-refractivity contribution >= 4 is 5.78 Å². The zero-order valence-electron chi connectivity index (χ0n) is 11.1. The average molecular weight is 200 g/mol. The molecule has 1 aliphatic carbocycles. The minimum atomic E-state index is 0.370. The van der Waals surface area contributed by atoms with E-state index in [4.69, 9.17) is 0 Å². The second kappa shape index (κ2) is 8.02. The monoisotopic (exact) mass is 200 g/mol. The van der Waals surface area contributed by atoms with Crippen molar-refractivity contribution in [3.05, 3.63) is 0 Å². The largest absolute Gasteiger partial charge is 0.300 e. The summed E-state index contributed by atoms with van der Waals surface area (Å²) in [6.45, 7) is 14.2. The van der Waals surface area contributed by atoms with Gasteiger partial charge in [-0.2, -0.15) is 0 Å². The lowest BCUT2D eigenvalue weighted by Crippen LogP contribution is -2.10. The molecule has 0 bridgehead atoms. The van der Waals surface area contributed by atoms with Gasteiger partial charge in [0.05, 0.1) is 0 Å². The van der Waals surface area contributed by atoms with Crippen molar-refractivity contribution in [3.63, 3.8) is 0 Å². The van der Waals surface area contributed by atoms with E-state index in [1.54, 1.807) is 6.92 Å². The van der Waals surface area contributed by atoms with Crippen LogP contribution in [0.15, 0.2) is 0 Å². The van der Waals surface area contributed by atoms with Crippen LogP contribution in [0.25, 0.3) is 0 Å². The summed E-state index contributed by atoms with van der Waals surface area (Å²) >= 11 is 0. The molecule has 0 spiro atoms. The summed E-state index contributed by atoms with van der Waals surface area (Å²) in [4.78, 5) is 10.9. The molecule has 0 aromatic heterocycles. The summed E-state index contributed by atoms with van der Waals surface area (Å²) in [6, 6.07) is 0. The molecule has 1 nitrogen and oxygen atoms in total. The first-order valence-electron chi connectivity index (χ1n) is 6.02. The molecule has 1 saturated carbocycles. The maximum atomic E-state index is 10.9. The summed E-state index contributed by atoms with van der Waals surface area (Å²) in [7, 11) is 0. The predicted molar refractivity (Wildman–Crippen MR) is 64.5 cm³/mol. The fourth-order valence-electron chi connectivity index (χ4n) is 1.78. The number of rotatable bonds is 1. The predicted octanol–water partition coefficient (Wildman–Crippen LogP) is 4.45. The maximum Gasteiger partial charge on any atom is 0.132 e. The standard InChI is InChI=1S/C9H16O.2C2H6/c1-7(10)8-4-5-9(2,3)6-8;2*1-2/h8H,4-6H2,1-3H3;2*1-2H3. The summed E-state index contributed by atoms with van der Waals surface area (Å²) in [6.07, 6.45) is 3.43. The summed E-state index contributed by atoms with van der Waals surface area (Å²) < 4.78 is 0. The molecule has 0 N–H and O–H groups in total. The lowest BCUT2D eigenvalue weighted by atomic mass is 9.90. The number of carbonyl (C=O) groups is 1. The third-order valence-electron chi connectivity index (χ3n) is 2.54. The number of ketones is 1. The minimum Gasteiger partial charge on any atom is -0.300 e. The fourth-order valence-corrected chi connectivity index (χ4v) is 1.78. The third kappa shape index (κ3) is 6.17. The Hall–Kier alpha value is -0.330. The van der Waals surface area contributed by atoms with E-state index in [0.29, 0.717) is 17.1 Å². The van der Waals surface area contributed by atoms with E-state index in [1.165, 1.54) is 6.42 Å². The lowest BCUT2D eigenvalue weighted by Gasteiger charge is -2.15. The number of carbonyl (C=O) groups excluding carboxylic acids is 1. The Balaban J connectivity index is 0. The Labute approximate surface area is 90.3 Å². The molecule has 0 amide bonds. The number of hydrogen-bond donors (Lipinski definition) is 0. The second-order valence-electron chi connectivity index (χ2n) is 4.21. The maximum absolute atomic E-state index is 10.9. The SMILES string of the molecule is CC.CC.CC(=O)C1CCC(C)(C)C1. The van der Waals surface area contributed by atoms with Crippen molar-refractivity contribution in [1.82, 2.24) is 0 Å². The summed E-state index contributed by atoms with van der Waals surface area (Å²) in [5.74, 6) is 0.751. The highest BCUT2D eigenvalue weighted by molar-refractivity contribution is 5.78. The molecule has 1 rings (SSSR count). The highest BCUT2D eigenvalue weighted by Crippen LogP contribution is 2.40. The average Bonchev–Trinajstić information content (AvgIpc) is 2.53. The van der Waals surface area contributed by atoms with Gasteiger partial charge >= 0.3 is 0 Å². The van der Waals surface area contributed by atoms with Crippen molar-refractivity contribution in [2.75, 3.05) is 0 Å². The molecule has 14 heavy (non-hydrogen) atoms. The second-order valence-corrected chi connectivity index (χ2v) is 4.21. The van der Waals surface area contributed by atoms with Crippen molar-refractivity contribution in [2.45, 2.75) is 67.7 Å². The highest BCUT2D eigenvalue weighted by atomic mass is 16.1. The summed E-state index contributed by atoms with van der Waals surface area (Å²) in [5.41, 5.74) is 0.427. The Morgan fingerprint density at radius 3 is 1.71 bits per heavy atom. The third-order valence-corrected chi connectivity index (χ3v) is 2.54. The Morgan fingerprint density at radius 1 is 1.14 bits per heavy atom. The number of Topliss-reactive ketones (excluding diaryl/α,β-unsaturated/α-hetero) is 1. The van der Waals surface area contributed by atoms with Crippen LogP contribution >= 0.6 is 0 Å². The normalized spacial score (nSPS) is 22.6. The zero-order valence-corrected chi connectivity index (χ0v) is 11.1. The van der Waals surface area contributed by atoms with Gasteiger partial charge in [0, 0.05) is 5.92 Å². The van der Waals surface area contributed by atoms with Crippen LogP contribution in [0, 0.1) is 11.3 Å². The van der Waals surface area contributed by atoms with Crippen molar-refractivity contribution in [3.8, 4) is 0 Å². The van der Waals surface area contributed by atoms with Crippen LogP contribution in [0.2, 0.25) is 0 Å². The van der Waals surface area contributed by atoms with Crippen LogP contribution in [0.4, 0.5) is 0 Å². The molecular formula is C13H28O. The topological polar surface area (TPSA) is 17.1 Å². The van der Waals surface area contributed by atoms with E-state index in [1.807, 2.05) is 27.7 Å². The van der Waals surface area contributed by atoms with Gasteiger partial charge in [-0.15, -0.1) is 0 Å². The molecule has 1 fully saturated rings. The molecule has 0 aromatic carbocycles. The number of hydrogen-bond acceptors (Lipinski definition) is 1. The van der Waals surface area contributed by atoms with Gasteiger partial charge in [0.1, 0.15) is 5.78 Å². The van der Waals surface area contributed by atoms with Crippen LogP contribution in [0.5, 0.6) is 0 Å². The molecule has 86 valence electrons. The minimum absolute atomic E-state index is 0.370. The van der Waals surface area contributed by atoms with Crippen molar-refractivity contribution < 1.29 is 4.79 Å². The molecule has 0 heterocycles. The van der Waals surface area contributed by atoms with Crippen LogP contribution in [0.1, 0.15) is 67.7 Å². The molecule has 0 radical (unpaired) electrons. The van der Waals surface area contributed by atoms with E-state index in [9.17, 15) is 4.79 Å². The Bertz CT molecular complexity index is 147. The van der Waals surface area contributed by atoms with Crippen LogP contribution in [-0.2, 0) is 4.79 Å². The van der Waals surface area contributed by atoms with E-state index >= 15 is 0 Å². The van der Waals surface area contributed by atoms with Crippen LogP contribution < -0.4 is 0 Å². The van der Waals surface area contributed by atoms with E-state index in [-0.39, 0.29) is 0 Å². The van der Waals surface area contributed by atoms with Gasteiger partial charge < -0.3 is 0 Å². The van der Waals surface area contributed by atoms with Crippen LogP contribution in [-0.4, -0.2) is 5.78 Å². The van der Waals surface area contributed by atoms with Gasteiger partial charge in [-0.25, -0.2) is 0 Å². The van der Waals surface area contributed by atoms with Crippen molar-refractivity contribution in [1.29, 1.82) is 0 Å². The van der Waals surface area contributed by atoms with E-state index in [0.717, 1.165) is 12.8 Å². The van der Waals surface area contributed by atoms with Gasteiger partial charge in [-0.05, 0) is 31.6 Å². The highest BCUT2D eigenvalue weighted by Gasteiger charge is 2.32. The molecule has 1 aliphatic rings. The lowest BCUT2D eigenvalue weighted by molar-refractivity contribution is -0.120. The first kappa shape index (κ1) is 16.1. The van der Waals surface area contributed by atoms with Gasteiger partial charge in [-0.1, -0.05) is 41.5 Å². The Kier molecular flexibility index (Phi) is 9.23. The molecule has 1 heteroatoms. The molecule has 1 unspecified atom stereocenters. The van der Waals surface area contributed by atoms with E-state index < -0.39 is 0 Å². The van der Waals surface area contributed by atoms with E-state index in [2.05, 4.69) is 13.8 Å². The van der Waals surface area contributed by atoms with Crippen molar-refractivity contribution in [2.24, 2.45) is 11.3 Å². The molecule has 0 aromatic rings. The quantitative estimate of drug-likeness (QED) is 0.611. The van der Waals surface area contributed by atoms with Gasteiger partial charge in [0.15, 0.2) is 0 Å². The Morgan fingerprint density at radius 2 is 1.57 bits per heavy atom. The van der Waals surface area contributed by atoms with Crippen LogP contribution in [0.3, 0.4) is 0 Å². The summed E-state index contributed by atoms with van der Waals surface area (Å²) in [5, 5.41) is 0. The molecule has 0 aliphatic heterocycles. The van der Waals surface area contributed by atoms with Gasteiger partial charge in [0.2, 0.25) is 0 Å². The zero-order chi connectivity index (χ0) is 11.8. The molecule has 0 saturated heterocycles. The smallest absolute Gasteiger partial charge is 0.132 e. The first-order valence-corrected chi connectivity index (χ1v) is 6.02. The molecule has 1 atom stereocenters. The first-order chi connectivity index (χ1) is 6.51.